The number of aromatic nitrogens is 1. The number of aryl methyl sites for hydroxylation is 2. The molecule has 2 aromatic rings. The van der Waals surface area contributed by atoms with Gasteiger partial charge in [-0.1, -0.05) is 23.5 Å². The molecule has 0 bridgehead atoms. The number of thiazole rings is 1. The third-order valence-corrected chi connectivity index (χ3v) is 4.30. The van der Waals surface area contributed by atoms with Crippen molar-refractivity contribution in [3.05, 3.63) is 40.4 Å². The van der Waals surface area contributed by atoms with Crippen molar-refractivity contribution in [2.45, 2.75) is 26.7 Å². The Morgan fingerprint density at radius 3 is 2.38 bits per heavy atom. The number of amides is 1. The Kier molecular flexibility index (Phi) is 5.64. The van der Waals surface area contributed by atoms with Gasteiger partial charge in [-0.25, -0.2) is 4.98 Å². The van der Waals surface area contributed by atoms with Crippen LogP contribution in [0.4, 0.5) is 10.8 Å². The molecule has 0 aliphatic carbocycles. The van der Waals surface area contributed by atoms with Crippen LogP contribution in [-0.4, -0.2) is 22.6 Å². The van der Waals surface area contributed by atoms with E-state index in [0.717, 1.165) is 11.3 Å². The summed E-state index contributed by atoms with van der Waals surface area (Å²) in [6, 6.07) is 7.54. The first-order valence-electron chi connectivity index (χ1n) is 7.33. The molecule has 0 fully saturated rings. The first-order valence-corrected chi connectivity index (χ1v) is 8.15. The lowest BCUT2D eigenvalue weighted by Gasteiger charge is -2.05. The number of ketones is 1. The van der Waals surface area contributed by atoms with Crippen molar-refractivity contribution in [2.75, 3.05) is 10.6 Å². The summed E-state index contributed by atoms with van der Waals surface area (Å²) in [6.45, 7) is 2.90. The maximum Gasteiger partial charge on any atom is 0.223 e. The number of carbonyl (C=O) groups excluding carboxylic acids is 2. The second-order valence-electron chi connectivity index (χ2n) is 5.27. The van der Waals surface area contributed by atoms with Gasteiger partial charge in [0.15, 0.2) is 16.9 Å². The molecule has 5 N–H and O–H groups in total. The lowest BCUT2D eigenvalue weighted by Crippen LogP contribution is -2.20. The number of hydrogen-bond acceptors (Lipinski definition) is 5. The van der Waals surface area contributed by atoms with Crippen LogP contribution in [0.3, 0.4) is 0 Å². The van der Waals surface area contributed by atoms with E-state index in [-0.39, 0.29) is 17.6 Å². The summed E-state index contributed by atoms with van der Waals surface area (Å²) in [7, 11) is 0. The second-order valence-corrected chi connectivity index (χ2v) is 6.27. The molecule has 24 heavy (non-hydrogen) atoms. The lowest BCUT2D eigenvalue weighted by molar-refractivity contribution is -0.114. The summed E-state index contributed by atoms with van der Waals surface area (Å²) in [6.07, 6.45) is 1.31. The van der Waals surface area contributed by atoms with Crippen molar-refractivity contribution in [1.82, 2.24) is 4.98 Å². The standard InChI is InChI=1S/C16H19N5O2S/c1-9(22)14-13(21-16(24-14)19-10(2)23)8-5-11-3-6-12(7-4-11)20-15(17)18/h3-4,6-7H,5,8H2,1-2H3,(H4,17,18,20)(H,19,21,23). The molecule has 1 amide bonds. The van der Waals surface area contributed by atoms with E-state index in [9.17, 15) is 9.59 Å². The fourth-order valence-electron chi connectivity index (χ4n) is 2.17. The Balaban J connectivity index is 2.07. The van der Waals surface area contributed by atoms with Crippen LogP contribution in [0.2, 0.25) is 0 Å². The number of anilines is 2. The van der Waals surface area contributed by atoms with E-state index in [1.807, 2.05) is 24.3 Å². The van der Waals surface area contributed by atoms with Gasteiger partial charge in [0.05, 0.1) is 10.6 Å². The minimum atomic E-state index is -0.209. The minimum absolute atomic E-state index is 0.0555. The first-order chi connectivity index (χ1) is 11.3. The van der Waals surface area contributed by atoms with Crippen molar-refractivity contribution < 1.29 is 9.59 Å². The van der Waals surface area contributed by atoms with Gasteiger partial charge in [-0.15, -0.1) is 0 Å². The number of nitrogens with zero attached hydrogens (tertiary/aromatic N) is 1. The van der Waals surface area contributed by atoms with Gasteiger partial charge in [0.2, 0.25) is 5.91 Å². The van der Waals surface area contributed by atoms with E-state index in [1.165, 1.54) is 25.2 Å². The molecule has 0 spiro atoms. The molecule has 0 unspecified atom stereocenters. The predicted molar refractivity (Wildman–Crippen MR) is 95.8 cm³/mol. The second kappa shape index (κ2) is 7.69. The van der Waals surface area contributed by atoms with Crippen LogP contribution in [-0.2, 0) is 17.6 Å². The maximum atomic E-state index is 11.7. The van der Waals surface area contributed by atoms with E-state index in [1.54, 1.807) is 0 Å². The average molecular weight is 345 g/mol. The SMILES string of the molecule is CC(=O)Nc1nc(CCc2ccc(NC(=N)N)cc2)c(C(C)=O)s1. The molecule has 2 rings (SSSR count). The number of benzene rings is 1. The van der Waals surface area contributed by atoms with Crippen LogP contribution in [0.15, 0.2) is 24.3 Å². The van der Waals surface area contributed by atoms with Gasteiger partial charge in [-0.2, -0.15) is 0 Å². The Morgan fingerprint density at radius 1 is 1.17 bits per heavy atom. The third-order valence-electron chi connectivity index (χ3n) is 3.18. The van der Waals surface area contributed by atoms with Crippen molar-refractivity contribution in [2.24, 2.45) is 5.73 Å². The number of nitrogens with two attached hydrogens (primary N) is 1. The van der Waals surface area contributed by atoms with Crippen molar-refractivity contribution in [3.8, 4) is 0 Å². The van der Waals surface area contributed by atoms with Gasteiger partial charge in [-0.05, 0) is 30.5 Å². The summed E-state index contributed by atoms with van der Waals surface area (Å²) >= 11 is 1.20. The molecule has 1 heterocycles. The van der Waals surface area contributed by atoms with E-state index >= 15 is 0 Å². The van der Waals surface area contributed by atoms with Crippen LogP contribution in [0, 0.1) is 5.41 Å². The molecule has 8 heteroatoms. The van der Waals surface area contributed by atoms with Crippen LogP contribution < -0.4 is 16.4 Å². The maximum absolute atomic E-state index is 11.7. The summed E-state index contributed by atoms with van der Waals surface area (Å²) in [5.74, 6) is -0.374. The zero-order valence-corrected chi connectivity index (χ0v) is 14.3. The van der Waals surface area contributed by atoms with Crippen molar-refractivity contribution >= 4 is 39.8 Å². The molecule has 1 aromatic heterocycles. The number of Topliss-reactive ketones (excluding diaryl/α,β-unsaturated/α-hetero) is 1. The zero-order chi connectivity index (χ0) is 17.7. The predicted octanol–water partition coefficient (Wildman–Crippen LogP) is 2.39. The summed E-state index contributed by atoms with van der Waals surface area (Å²) in [5, 5.41) is 13.0. The summed E-state index contributed by atoms with van der Waals surface area (Å²) < 4.78 is 0. The highest BCUT2D eigenvalue weighted by molar-refractivity contribution is 7.17. The monoisotopic (exact) mass is 345 g/mol. The number of carbonyl (C=O) groups is 2. The molecule has 0 atom stereocenters. The average Bonchev–Trinajstić information content (AvgIpc) is 2.88. The Hall–Kier alpha value is -2.74. The van der Waals surface area contributed by atoms with Crippen LogP contribution in [0.1, 0.15) is 34.8 Å². The fraction of sp³-hybridized carbons (Fsp3) is 0.250. The molecule has 0 aliphatic rings. The zero-order valence-electron chi connectivity index (χ0n) is 13.5. The van der Waals surface area contributed by atoms with Gasteiger partial charge in [-0.3, -0.25) is 15.0 Å². The van der Waals surface area contributed by atoms with E-state index < -0.39 is 0 Å². The molecule has 126 valence electrons. The van der Waals surface area contributed by atoms with Crippen LogP contribution >= 0.6 is 11.3 Å². The number of rotatable bonds is 6. The molecule has 7 nitrogen and oxygen atoms in total. The largest absolute Gasteiger partial charge is 0.370 e. The van der Waals surface area contributed by atoms with Gasteiger partial charge in [0, 0.05) is 19.5 Å². The Labute approximate surface area is 143 Å². The van der Waals surface area contributed by atoms with Gasteiger partial charge >= 0.3 is 0 Å². The van der Waals surface area contributed by atoms with E-state index in [4.69, 9.17) is 11.1 Å². The first kappa shape index (κ1) is 17.6. The number of guanidine groups is 1. The van der Waals surface area contributed by atoms with Gasteiger partial charge in [0.25, 0.3) is 0 Å². The highest BCUT2D eigenvalue weighted by Crippen LogP contribution is 2.25. The van der Waals surface area contributed by atoms with E-state index in [2.05, 4.69) is 15.6 Å². The van der Waals surface area contributed by atoms with Gasteiger partial charge < -0.3 is 16.4 Å². The summed E-state index contributed by atoms with van der Waals surface area (Å²) in [5.41, 5.74) is 7.80. The Bertz CT molecular complexity index is 767. The molecule has 0 radical (unpaired) electrons. The minimum Gasteiger partial charge on any atom is -0.370 e. The normalized spacial score (nSPS) is 10.2. The van der Waals surface area contributed by atoms with E-state index in [0.29, 0.717) is 28.5 Å². The fourth-order valence-corrected chi connectivity index (χ4v) is 3.13. The molecular formula is C16H19N5O2S. The topological polar surface area (TPSA) is 121 Å². The lowest BCUT2D eigenvalue weighted by atomic mass is 10.1. The molecule has 1 aromatic carbocycles. The number of hydrogen-bond donors (Lipinski definition) is 4. The molecule has 0 saturated heterocycles. The summed E-state index contributed by atoms with van der Waals surface area (Å²) in [4.78, 5) is 27.8. The van der Waals surface area contributed by atoms with Gasteiger partial charge in [0.1, 0.15) is 0 Å². The van der Waals surface area contributed by atoms with Crippen LogP contribution in [0.25, 0.3) is 0 Å². The Morgan fingerprint density at radius 2 is 1.83 bits per heavy atom. The molecule has 0 saturated carbocycles. The van der Waals surface area contributed by atoms with Crippen LogP contribution in [0.5, 0.6) is 0 Å². The quantitative estimate of drug-likeness (QED) is 0.364. The number of nitrogens with one attached hydrogen (secondary N) is 3. The van der Waals surface area contributed by atoms with Crippen molar-refractivity contribution in [3.63, 3.8) is 0 Å². The van der Waals surface area contributed by atoms with Crippen molar-refractivity contribution in [1.29, 1.82) is 5.41 Å². The highest BCUT2D eigenvalue weighted by atomic mass is 32.1. The molecule has 0 aliphatic heterocycles. The third kappa shape index (κ3) is 4.88. The highest BCUT2D eigenvalue weighted by Gasteiger charge is 2.15. The molecular weight excluding hydrogens is 326 g/mol. The smallest absolute Gasteiger partial charge is 0.223 e.